The van der Waals surface area contributed by atoms with Crippen LogP contribution in [0.1, 0.15) is 27.7 Å². The molecular weight excluding hydrogens is 229 g/mol. The molecule has 3 nitrogen and oxygen atoms in total. The van der Waals surface area contributed by atoms with Gasteiger partial charge in [0.25, 0.3) is 0 Å². The second-order valence-corrected chi connectivity index (χ2v) is 9.54. The number of rotatable bonds is 3. The molecule has 5 heteroatoms. The second kappa shape index (κ2) is 4.40. The van der Waals surface area contributed by atoms with Crippen LogP contribution in [0.15, 0.2) is 0 Å². The zero-order valence-electron chi connectivity index (χ0n) is 10.4. The maximum absolute atomic E-state index is 12.3. The van der Waals surface area contributed by atoms with Gasteiger partial charge in [-0.05, 0) is 19.8 Å². The van der Waals surface area contributed by atoms with E-state index < -0.39 is 7.37 Å². The molecule has 1 aliphatic rings. The molecular formula is C10H22NO2PS. The highest BCUT2D eigenvalue weighted by molar-refractivity contribution is 8.02. The van der Waals surface area contributed by atoms with Crippen LogP contribution in [-0.2, 0) is 9.09 Å². The van der Waals surface area contributed by atoms with E-state index >= 15 is 0 Å². The molecule has 90 valence electrons. The third-order valence-corrected chi connectivity index (χ3v) is 7.26. The molecule has 3 atom stereocenters. The Kier molecular flexibility index (Phi) is 3.98. The molecule has 0 saturated carbocycles. The SMILES string of the molecule is COP(C)(=O)C1NC(C(C)C)SC1(C)C. The van der Waals surface area contributed by atoms with E-state index in [0.29, 0.717) is 11.3 Å². The van der Waals surface area contributed by atoms with Crippen molar-refractivity contribution in [1.82, 2.24) is 5.32 Å². The molecule has 1 fully saturated rings. The largest absolute Gasteiger partial charge is 0.331 e. The molecule has 0 spiro atoms. The summed E-state index contributed by atoms with van der Waals surface area (Å²) in [6.45, 7) is 10.3. The van der Waals surface area contributed by atoms with E-state index in [1.54, 1.807) is 6.66 Å². The van der Waals surface area contributed by atoms with Crippen LogP contribution in [0.2, 0.25) is 0 Å². The zero-order chi connectivity index (χ0) is 11.9. The van der Waals surface area contributed by atoms with Gasteiger partial charge < -0.3 is 4.52 Å². The van der Waals surface area contributed by atoms with Crippen LogP contribution >= 0.6 is 19.1 Å². The Hall–Kier alpha value is 0.500. The van der Waals surface area contributed by atoms with E-state index in [0.717, 1.165) is 0 Å². The molecule has 3 unspecified atom stereocenters. The molecule has 0 aromatic heterocycles. The number of nitrogens with one attached hydrogen (secondary N) is 1. The molecule has 1 N–H and O–H groups in total. The van der Waals surface area contributed by atoms with Crippen molar-refractivity contribution in [2.75, 3.05) is 13.8 Å². The van der Waals surface area contributed by atoms with Crippen LogP contribution in [0.4, 0.5) is 0 Å². The summed E-state index contributed by atoms with van der Waals surface area (Å²) in [4.78, 5) is 0. The number of hydrogen-bond acceptors (Lipinski definition) is 4. The molecule has 0 amide bonds. The molecule has 0 radical (unpaired) electrons. The van der Waals surface area contributed by atoms with Gasteiger partial charge in [0.15, 0.2) is 0 Å². The lowest BCUT2D eigenvalue weighted by Gasteiger charge is -2.29. The summed E-state index contributed by atoms with van der Waals surface area (Å²) < 4.78 is 17.4. The van der Waals surface area contributed by atoms with Crippen molar-refractivity contribution < 1.29 is 9.09 Å². The smallest absolute Gasteiger partial charge is 0.217 e. The number of thioether (sulfide) groups is 1. The standard InChI is InChI=1S/C10H22NO2PS/c1-7(2)8-11-9(10(3,4)15-8)14(6,12)13-5/h7-9,11H,1-6H3. The average molecular weight is 251 g/mol. The Balaban J connectivity index is 2.88. The van der Waals surface area contributed by atoms with Gasteiger partial charge in [-0.2, -0.15) is 0 Å². The topological polar surface area (TPSA) is 38.3 Å². The van der Waals surface area contributed by atoms with Gasteiger partial charge in [0.1, 0.15) is 0 Å². The van der Waals surface area contributed by atoms with Crippen molar-refractivity contribution in [3.8, 4) is 0 Å². The molecule has 1 rings (SSSR count). The monoisotopic (exact) mass is 251 g/mol. The summed E-state index contributed by atoms with van der Waals surface area (Å²) in [5.41, 5.74) is 0. The van der Waals surface area contributed by atoms with Crippen molar-refractivity contribution in [2.24, 2.45) is 5.92 Å². The van der Waals surface area contributed by atoms with Gasteiger partial charge in [-0.25, -0.2) is 0 Å². The van der Waals surface area contributed by atoms with Crippen LogP contribution in [0.5, 0.6) is 0 Å². The third-order valence-electron chi connectivity index (χ3n) is 2.85. The van der Waals surface area contributed by atoms with E-state index in [4.69, 9.17) is 4.52 Å². The Labute approximate surface area is 97.2 Å². The maximum Gasteiger partial charge on any atom is 0.217 e. The minimum atomic E-state index is -2.55. The normalized spacial score (nSPS) is 34.3. The Morgan fingerprint density at radius 3 is 2.33 bits per heavy atom. The predicted molar refractivity (Wildman–Crippen MR) is 67.8 cm³/mol. The summed E-state index contributed by atoms with van der Waals surface area (Å²) in [6, 6.07) is 0. The zero-order valence-corrected chi connectivity index (χ0v) is 12.1. The Bertz CT molecular complexity index is 281. The first-order valence-electron chi connectivity index (χ1n) is 5.27. The van der Waals surface area contributed by atoms with Crippen molar-refractivity contribution >= 4 is 19.1 Å². The summed E-state index contributed by atoms with van der Waals surface area (Å²) >= 11 is 1.86. The maximum atomic E-state index is 12.3. The molecule has 0 aromatic rings. The van der Waals surface area contributed by atoms with Crippen LogP contribution in [-0.4, -0.2) is 29.7 Å². The second-order valence-electron chi connectivity index (χ2n) is 5.05. The molecule has 15 heavy (non-hydrogen) atoms. The molecule has 1 heterocycles. The highest BCUT2D eigenvalue weighted by atomic mass is 32.2. The van der Waals surface area contributed by atoms with Gasteiger partial charge in [0.05, 0.1) is 11.2 Å². The Morgan fingerprint density at radius 1 is 1.47 bits per heavy atom. The average Bonchev–Trinajstić information content (AvgIpc) is 2.42. The van der Waals surface area contributed by atoms with Crippen molar-refractivity contribution in [1.29, 1.82) is 0 Å². The first-order chi connectivity index (χ1) is 6.70. The molecule has 1 aliphatic heterocycles. The highest BCUT2D eigenvalue weighted by Crippen LogP contribution is 2.58. The Morgan fingerprint density at radius 2 is 2.00 bits per heavy atom. The van der Waals surface area contributed by atoms with E-state index in [-0.39, 0.29) is 10.5 Å². The third kappa shape index (κ3) is 2.79. The van der Waals surface area contributed by atoms with E-state index in [1.807, 2.05) is 11.8 Å². The van der Waals surface area contributed by atoms with Crippen LogP contribution in [0.3, 0.4) is 0 Å². The molecule has 0 aromatic carbocycles. The summed E-state index contributed by atoms with van der Waals surface area (Å²) in [5.74, 6) is 0.489. The quantitative estimate of drug-likeness (QED) is 0.783. The first kappa shape index (κ1) is 13.6. The van der Waals surface area contributed by atoms with Crippen LogP contribution in [0.25, 0.3) is 0 Å². The van der Waals surface area contributed by atoms with Crippen molar-refractivity contribution in [3.05, 3.63) is 0 Å². The fraction of sp³-hybridized carbons (Fsp3) is 1.00. The predicted octanol–water partition coefficient (Wildman–Crippen LogP) is 2.96. The summed E-state index contributed by atoms with van der Waals surface area (Å²) in [7, 11) is -1.02. The van der Waals surface area contributed by atoms with Gasteiger partial charge >= 0.3 is 0 Å². The van der Waals surface area contributed by atoms with Crippen molar-refractivity contribution in [2.45, 2.75) is 43.6 Å². The lowest BCUT2D eigenvalue weighted by molar-refractivity contribution is 0.366. The fourth-order valence-corrected chi connectivity index (χ4v) is 5.87. The van der Waals surface area contributed by atoms with Crippen LogP contribution in [0, 0.1) is 5.92 Å². The summed E-state index contributed by atoms with van der Waals surface area (Å²) in [6.07, 6.45) is 0. The molecule has 1 saturated heterocycles. The molecule has 0 bridgehead atoms. The summed E-state index contributed by atoms with van der Waals surface area (Å²) in [5, 5.41) is 3.82. The van der Waals surface area contributed by atoms with Crippen molar-refractivity contribution in [3.63, 3.8) is 0 Å². The van der Waals surface area contributed by atoms with E-state index in [2.05, 4.69) is 33.0 Å². The minimum Gasteiger partial charge on any atom is -0.331 e. The highest BCUT2D eigenvalue weighted by Gasteiger charge is 2.49. The lowest BCUT2D eigenvalue weighted by atomic mass is 10.2. The van der Waals surface area contributed by atoms with Gasteiger partial charge in [-0.1, -0.05) is 13.8 Å². The van der Waals surface area contributed by atoms with Gasteiger partial charge in [-0.3, -0.25) is 9.88 Å². The number of hydrogen-bond donors (Lipinski definition) is 1. The molecule has 0 aliphatic carbocycles. The minimum absolute atomic E-state index is 0.0325. The van der Waals surface area contributed by atoms with E-state index in [9.17, 15) is 4.57 Å². The van der Waals surface area contributed by atoms with Gasteiger partial charge in [-0.15, -0.1) is 11.8 Å². The lowest BCUT2D eigenvalue weighted by Crippen LogP contribution is -2.39. The van der Waals surface area contributed by atoms with Crippen LogP contribution < -0.4 is 5.32 Å². The fourth-order valence-electron chi connectivity index (χ4n) is 1.92. The van der Waals surface area contributed by atoms with E-state index in [1.165, 1.54) is 7.11 Å². The van der Waals surface area contributed by atoms with Gasteiger partial charge in [0, 0.05) is 18.5 Å². The first-order valence-corrected chi connectivity index (χ1v) is 8.29. The van der Waals surface area contributed by atoms with Gasteiger partial charge in [0.2, 0.25) is 7.37 Å².